The highest BCUT2D eigenvalue weighted by molar-refractivity contribution is 6.18. The van der Waals surface area contributed by atoms with Gasteiger partial charge in [0.25, 0.3) is 0 Å². The van der Waals surface area contributed by atoms with Crippen LogP contribution < -0.4 is 5.73 Å². The quantitative estimate of drug-likeness (QED) is 0.429. The lowest BCUT2D eigenvalue weighted by atomic mass is 10.2. The third-order valence-corrected chi connectivity index (χ3v) is 1.13. The van der Waals surface area contributed by atoms with Crippen LogP contribution in [0.2, 0.25) is 0 Å². The fourth-order valence-electron chi connectivity index (χ4n) is 0.274. The van der Waals surface area contributed by atoms with Gasteiger partial charge in [0.2, 0.25) is 5.91 Å². The zero-order valence-corrected chi connectivity index (χ0v) is 5.38. The smallest absolute Gasteiger partial charge is 0.249 e. The highest BCUT2D eigenvalue weighted by atomic mass is 35.5. The molecule has 5 heteroatoms. The average Bonchev–Trinajstić information content (AvgIpc) is 1.84. The van der Waals surface area contributed by atoms with Gasteiger partial charge in [0.15, 0.2) is 6.10 Å². The van der Waals surface area contributed by atoms with E-state index in [0.717, 1.165) is 0 Å². The van der Waals surface area contributed by atoms with Crippen molar-refractivity contribution < 1.29 is 15.0 Å². The van der Waals surface area contributed by atoms with Crippen molar-refractivity contribution >= 4 is 17.5 Å². The van der Waals surface area contributed by atoms with Crippen molar-refractivity contribution in [2.45, 2.75) is 12.2 Å². The zero-order chi connectivity index (χ0) is 7.44. The van der Waals surface area contributed by atoms with Crippen molar-refractivity contribution in [1.29, 1.82) is 0 Å². The molecular weight excluding hydrogens is 146 g/mol. The van der Waals surface area contributed by atoms with Crippen molar-refractivity contribution in [3.63, 3.8) is 0 Å². The summed E-state index contributed by atoms with van der Waals surface area (Å²) < 4.78 is 0. The molecule has 0 bridgehead atoms. The molecule has 0 aliphatic carbocycles. The van der Waals surface area contributed by atoms with E-state index >= 15 is 0 Å². The van der Waals surface area contributed by atoms with Crippen LogP contribution in [0.1, 0.15) is 0 Å². The monoisotopic (exact) mass is 153 g/mol. The molecule has 0 spiro atoms. The molecule has 0 saturated heterocycles. The van der Waals surface area contributed by atoms with Crippen molar-refractivity contribution in [3.05, 3.63) is 0 Å². The maximum Gasteiger partial charge on any atom is 0.249 e. The van der Waals surface area contributed by atoms with E-state index in [-0.39, 0.29) is 5.88 Å². The SMILES string of the molecule is NC(=O)[C@H](O)[C@H](O)CCl. The summed E-state index contributed by atoms with van der Waals surface area (Å²) in [5, 5.41) is 17.2. The minimum Gasteiger partial charge on any atom is -0.389 e. The molecule has 1 amide bonds. The van der Waals surface area contributed by atoms with E-state index in [4.69, 9.17) is 21.8 Å². The molecule has 4 nitrogen and oxygen atoms in total. The van der Waals surface area contributed by atoms with Gasteiger partial charge in [-0.3, -0.25) is 4.79 Å². The van der Waals surface area contributed by atoms with E-state index in [1.54, 1.807) is 0 Å². The number of hydrogen-bond acceptors (Lipinski definition) is 3. The Bertz CT molecular complexity index is 108. The summed E-state index contributed by atoms with van der Waals surface area (Å²) >= 11 is 5.07. The van der Waals surface area contributed by atoms with Crippen LogP contribution >= 0.6 is 11.6 Å². The predicted octanol–water partition coefficient (Wildman–Crippen LogP) is -1.57. The number of aliphatic hydroxyl groups excluding tert-OH is 2. The first-order valence-electron chi connectivity index (χ1n) is 2.31. The van der Waals surface area contributed by atoms with Gasteiger partial charge in [-0.2, -0.15) is 0 Å². The fourth-order valence-corrected chi connectivity index (χ4v) is 0.443. The highest BCUT2D eigenvalue weighted by Crippen LogP contribution is 1.94. The first kappa shape index (κ1) is 8.68. The lowest BCUT2D eigenvalue weighted by Gasteiger charge is -2.09. The van der Waals surface area contributed by atoms with Crippen LogP contribution in [0.25, 0.3) is 0 Å². The Kier molecular flexibility index (Phi) is 3.53. The van der Waals surface area contributed by atoms with Gasteiger partial charge in [-0.05, 0) is 0 Å². The number of alkyl halides is 1. The van der Waals surface area contributed by atoms with Gasteiger partial charge >= 0.3 is 0 Å². The molecule has 0 fully saturated rings. The first-order valence-corrected chi connectivity index (χ1v) is 2.84. The lowest BCUT2D eigenvalue weighted by Crippen LogP contribution is -2.39. The second-order valence-electron chi connectivity index (χ2n) is 1.57. The van der Waals surface area contributed by atoms with Crippen molar-refractivity contribution in [2.24, 2.45) is 5.73 Å². The van der Waals surface area contributed by atoms with Crippen molar-refractivity contribution in [2.75, 3.05) is 5.88 Å². The summed E-state index contributed by atoms with van der Waals surface area (Å²) in [4.78, 5) is 10.1. The van der Waals surface area contributed by atoms with E-state index in [1.165, 1.54) is 0 Å². The van der Waals surface area contributed by atoms with Gasteiger partial charge in [-0.1, -0.05) is 0 Å². The Morgan fingerprint density at radius 3 is 2.22 bits per heavy atom. The summed E-state index contributed by atoms with van der Waals surface area (Å²) in [6.45, 7) is 0. The lowest BCUT2D eigenvalue weighted by molar-refractivity contribution is -0.130. The molecule has 4 N–H and O–H groups in total. The van der Waals surface area contributed by atoms with E-state index in [0.29, 0.717) is 0 Å². The van der Waals surface area contributed by atoms with Crippen LogP contribution in [0.4, 0.5) is 0 Å². The summed E-state index contributed by atoms with van der Waals surface area (Å²) in [6.07, 6.45) is -2.81. The van der Waals surface area contributed by atoms with Crippen molar-refractivity contribution in [1.82, 2.24) is 0 Å². The Labute approximate surface area is 57.2 Å². The third-order valence-electron chi connectivity index (χ3n) is 0.814. The first-order chi connectivity index (χ1) is 4.09. The molecule has 0 aromatic carbocycles. The fraction of sp³-hybridized carbons (Fsp3) is 0.750. The molecule has 9 heavy (non-hydrogen) atoms. The molecule has 0 unspecified atom stereocenters. The predicted molar refractivity (Wildman–Crippen MR) is 31.9 cm³/mol. The number of rotatable bonds is 3. The Hall–Kier alpha value is -0.320. The maximum absolute atomic E-state index is 10.1. The second-order valence-corrected chi connectivity index (χ2v) is 1.88. The average molecular weight is 154 g/mol. The number of halogens is 1. The maximum atomic E-state index is 10.1. The molecule has 0 aliphatic rings. The van der Waals surface area contributed by atoms with Crippen LogP contribution in [-0.2, 0) is 4.79 Å². The minimum atomic E-state index is -1.55. The van der Waals surface area contributed by atoms with Crippen LogP contribution in [0.3, 0.4) is 0 Å². The molecule has 0 aromatic rings. The number of carbonyl (C=O) groups is 1. The third kappa shape index (κ3) is 2.64. The number of amides is 1. The molecule has 54 valence electrons. The number of primary amides is 1. The number of aliphatic hydroxyl groups is 2. The van der Waals surface area contributed by atoms with E-state index in [1.807, 2.05) is 0 Å². The molecule has 0 saturated carbocycles. The minimum absolute atomic E-state index is 0.204. The largest absolute Gasteiger partial charge is 0.389 e. The standard InChI is InChI=1S/C4H8ClNO3/c5-1-2(7)3(8)4(6)9/h2-3,7-8H,1H2,(H2,6,9)/t2-,3-/m1/s1. The van der Waals surface area contributed by atoms with Gasteiger partial charge in [0, 0.05) is 0 Å². The zero-order valence-electron chi connectivity index (χ0n) is 4.62. The van der Waals surface area contributed by atoms with Crippen LogP contribution in [0.5, 0.6) is 0 Å². The summed E-state index contributed by atoms with van der Waals surface area (Å²) in [7, 11) is 0. The summed E-state index contributed by atoms with van der Waals surface area (Å²) in [5.74, 6) is -1.17. The molecular formula is C4H8ClNO3. The normalized spacial score (nSPS) is 16.8. The van der Waals surface area contributed by atoms with Gasteiger partial charge in [0.1, 0.15) is 6.10 Å². The molecule has 0 aromatic heterocycles. The van der Waals surface area contributed by atoms with Crippen LogP contribution in [0.15, 0.2) is 0 Å². The Morgan fingerprint density at radius 1 is 1.67 bits per heavy atom. The number of nitrogens with two attached hydrogens (primary N) is 1. The summed E-state index contributed by atoms with van der Waals surface area (Å²) in [5.41, 5.74) is 4.60. The molecule has 0 heterocycles. The van der Waals surface area contributed by atoms with E-state index in [9.17, 15) is 4.79 Å². The molecule has 0 aliphatic heterocycles. The Balaban J connectivity index is 3.72. The van der Waals surface area contributed by atoms with Gasteiger partial charge < -0.3 is 15.9 Å². The van der Waals surface area contributed by atoms with Crippen LogP contribution in [0, 0.1) is 0 Å². The molecule has 0 rings (SSSR count). The number of hydrogen-bond donors (Lipinski definition) is 3. The van der Waals surface area contributed by atoms with E-state index in [2.05, 4.69) is 5.73 Å². The molecule has 2 atom stereocenters. The van der Waals surface area contributed by atoms with Crippen LogP contribution in [-0.4, -0.2) is 34.2 Å². The van der Waals surface area contributed by atoms with Gasteiger partial charge in [0.05, 0.1) is 5.88 Å². The van der Waals surface area contributed by atoms with Crippen molar-refractivity contribution in [3.8, 4) is 0 Å². The summed E-state index contributed by atoms with van der Waals surface area (Å²) in [6, 6.07) is 0. The second kappa shape index (κ2) is 3.66. The van der Waals surface area contributed by atoms with Gasteiger partial charge in [-0.15, -0.1) is 11.6 Å². The van der Waals surface area contributed by atoms with Gasteiger partial charge in [-0.25, -0.2) is 0 Å². The molecule has 0 radical (unpaired) electrons. The highest BCUT2D eigenvalue weighted by Gasteiger charge is 2.19. The van der Waals surface area contributed by atoms with E-state index < -0.39 is 18.1 Å². The Morgan fingerprint density at radius 2 is 2.11 bits per heavy atom. The topological polar surface area (TPSA) is 83.6 Å². The number of carbonyl (C=O) groups excluding carboxylic acids is 1.